The minimum absolute atomic E-state index is 0.117. The highest BCUT2D eigenvalue weighted by molar-refractivity contribution is 7.89. The molecular weight excluding hydrogens is 324 g/mol. The Balaban J connectivity index is 2.52. The highest BCUT2D eigenvalue weighted by Crippen LogP contribution is 2.10. The summed E-state index contributed by atoms with van der Waals surface area (Å²) in [4.78, 5) is 4.33. The highest BCUT2D eigenvalue weighted by atomic mass is 32.2. The quantitative estimate of drug-likeness (QED) is 0.492. The van der Waals surface area contributed by atoms with Crippen LogP contribution in [0.2, 0.25) is 0 Å². The fourth-order valence-corrected chi connectivity index (χ4v) is 2.93. The number of aliphatic imine (C=N–C) groups is 1. The van der Waals surface area contributed by atoms with Crippen LogP contribution in [0, 0.1) is 5.92 Å². The Labute approximate surface area is 146 Å². The van der Waals surface area contributed by atoms with Crippen LogP contribution in [0.25, 0.3) is 0 Å². The Kier molecular flexibility index (Phi) is 8.21. The Bertz CT molecular complexity index is 642. The van der Waals surface area contributed by atoms with Gasteiger partial charge in [0, 0.05) is 19.6 Å². The second-order valence-electron chi connectivity index (χ2n) is 6.49. The van der Waals surface area contributed by atoms with Gasteiger partial charge in [-0.05, 0) is 37.0 Å². The molecule has 0 spiro atoms. The first-order chi connectivity index (χ1) is 11.2. The van der Waals surface area contributed by atoms with Gasteiger partial charge in [0.15, 0.2) is 5.96 Å². The SMILES string of the molecule is CN=C(NCc1cccc(S(N)(=O)=O)c1)NC(C)CCCC(C)C. The molecule has 1 unspecified atom stereocenters. The van der Waals surface area contributed by atoms with Gasteiger partial charge in [-0.2, -0.15) is 0 Å². The molecule has 0 saturated heterocycles. The molecule has 24 heavy (non-hydrogen) atoms. The van der Waals surface area contributed by atoms with E-state index in [1.165, 1.54) is 18.9 Å². The predicted molar refractivity (Wildman–Crippen MR) is 99.3 cm³/mol. The summed E-state index contributed by atoms with van der Waals surface area (Å²) in [6.45, 7) is 7.07. The standard InChI is InChI=1S/C17H30N4O2S/c1-13(2)7-5-8-14(3)21-17(19-4)20-12-15-9-6-10-16(11-15)24(18,22)23/h6,9-11,13-14H,5,7-8,12H2,1-4H3,(H2,18,22,23)(H2,19,20,21). The molecule has 0 aromatic heterocycles. The fourth-order valence-electron chi connectivity index (χ4n) is 2.35. The zero-order chi connectivity index (χ0) is 18.2. The van der Waals surface area contributed by atoms with Gasteiger partial charge in [-0.3, -0.25) is 4.99 Å². The minimum Gasteiger partial charge on any atom is -0.354 e. The molecule has 1 atom stereocenters. The smallest absolute Gasteiger partial charge is 0.238 e. The van der Waals surface area contributed by atoms with Crippen LogP contribution in [0.15, 0.2) is 34.2 Å². The number of sulfonamides is 1. The van der Waals surface area contributed by atoms with Gasteiger partial charge in [0.1, 0.15) is 0 Å². The van der Waals surface area contributed by atoms with Crippen LogP contribution in [-0.4, -0.2) is 27.5 Å². The molecule has 0 aliphatic heterocycles. The number of nitrogens with zero attached hydrogens (tertiary/aromatic N) is 1. The van der Waals surface area contributed by atoms with Crippen LogP contribution in [0.5, 0.6) is 0 Å². The molecule has 0 radical (unpaired) electrons. The van der Waals surface area contributed by atoms with Gasteiger partial charge in [-0.1, -0.05) is 38.8 Å². The van der Waals surface area contributed by atoms with Gasteiger partial charge < -0.3 is 10.6 Å². The number of hydrogen-bond donors (Lipinski definition) is 3. The molecule has 1 rings (SSSR count). The molecule has 7 heteroatoms. The van der Waals surface area contributed by atoms with Gasteiger partial charge in [0.25, 0.3) is 0 Å². The van der Waals surface area contributed by atoms with E-state index in [1.807, 2.05) is 6.07 Å². The van der Waals surface area contributed by atoms with Crippen molar-refractivity contribution in [3.05, 3.63) is 29.8 Å². The third-order valence-electron chi connectivity index (χ3n) is 3.71. The van der Waals surface area contributed by atoms with Crippen molar-refractivity contribution >= 4 is 16.0 Å². The first-order valence-corrected chi connectivity index (χ1v) is 9.86. The molecule has 0 bridgehead atoms. The Morgan fingerprint density at radius 2 is 1.96 bits per heavy atom. The Morgan fingerprint density at radius 3 is 2.54 bits per heavy atom. The van der Waals surface area contributed by atoms with Crippen molar-refractivity contribution in [3.8, 4) is 0 Å². The average Bonchev–Trinajstić information content (AvgIpc) is 2.50. The molecule has 1 aromatic rings. The van der Waals surface area contributed by atoms with E-state index in [0.29, 0.717) is 18.5 Å². The summed E-state index contributed by atoms with van der Waals surface area (Å²) in [5.74, 6) is 1.42. The van der Waals surface area contributed by atoms with Gasteiger partial charge >= 0.3 is 0 Å². The summed E-state index contributed by atoms with van der Waals surface area (Å²) in [6.07, 6.45) is 3.48. The number of benzene rings is 1. The maximum Gasteiger partial charge on any atom is 0.238 e. The van der Waals surface area contributed by atoms with E-state index in [4.69, 9.17) is 5.14 Å². The van der Waals surface area contributed by atoms with Gasteiger partial charge in [0.05, 0.1) is 4.90 Å². The third-order valence-corrected chi connectivity index (χ3v) is 4.62. The fraction of sp³-hybridized carbons (Fsp3) is 0.588. The molecule has 4 N–H and O–H groups in total. The average molecular weight is 355 g/mol. The maximum atomic E-state index is 11.4. The lowest BCUT2D eigenvalue weighted by atomic mass is 10.0. The number of rotatable bonds is 8. The van der Waals surface area contributed by atoms with Crippen LogP contribution in [0.3, 0.4) is 0 Å². The van der Waals surface area contributed by atoms with E-state index in [-0.39, 0.29) is 4.90 Å². The molecule has 0 amide bonds. The Hall–Kier alpha value is -1.60. The first kappa shape index (κ1) is 20.4. The number of nitrogens with one attached hydrogen (secondary N) is 2. The van der Waals surface area contributed by atoms with Gasteiger partial charge in [-0.15, -0.1) is 0 Å². The van der Waals surface area contributed by atoms with E-state index in [2.05, 4.69) is 36.4 Å². The van der Waals surface area contributed by atoms with E-state index in [9.17, 15) is 8.42 Å². The second-order valence-corrected chi connectivity index (χ2v) is 8.05. The molecule has 1 aromatic carbocycles. The van der Waals surface area contributed by atoms with Crippen LogP contribution < -0.4 is 15.8 Å². The summed E-state index contributed by atoms with van der Waals surface area (Å²) >= 11 is 0. The van der Waals surface area contributed by atoms with Crippen molar-refractivity contribution in [1.29, 1.82) is 0 Å². The van der Waals surface area contributed by atoms with Crippen LogP contribution in [-0.2, 0) is 16.6 Å². The lowest BCUT2D eigenvalue weighted by molar-refractivity contribution is 0.491. The molecule has 136 valence electrons. The topological polar surface area (TPSA) is 96.6 Å². The zero-order valence-corrected chi connectivity index (χ0v) is 15.9. The molecule has 6 nitrogen and oxygen atoms in total. The van der Waals surface area contributed by atoms with Crippen molar-refractivity contribution < 1.29 is 8.42 Å². The highest BCUT2D eigenvalue weighted by Gasteiger charge is 2.09. The van der Waals surface area contributed by atoms with Gasteiger partial charge in [-0.25, -0.2) is 13.6 Å². The largest absolute Gasteiger partial charge is 0.354 e. The summed E-state index contributed by atoms with van der Waals surface area (Å²) in [5, 5.41) is 11.7. The molecule has 0 saturated carbocycles. The number of nitrogens with two attached hydrogens (primary N) is 1. The lowest BCUT2D eigenvalue weighted by Crippen LogP contribution is -2.41. The van der Waals surface area contributed by atoms with Crippen molar-refractivity contribution in [3.63, 3.8) is 0 Å². The predicted octanol–water partition coefficient (Wildman–Crippen LogP) is 2.21. The molecule has 0 aliphatic rings. The van der Waals surface area contributed by atoms with E-state index >= 15 is 0 Å². The van der Waals surface area contributed by atoms with Gasteiger partial charge in [0.2, 0.25) is 10.0 Å². The minimum atomic E-state index is -3.68. The summed E-state index contributed by atoms with van der Waals surface area (Å²) in [6, 6.07) is 6.91. The van der Waals surface area contributed by atoms with E-state index in [0.717, 1.165) is 17.9 Å². The summed E-state index contributed by atoms with van der Waals surface area (Å²) in [5.41, 5.74) is 0.830. The van der Waals surface area contributed by atoms with Crippen molar-refractivity contribution in [2.45, 2.75) is 57.5 Å². The van der Waals surface area contributed by atoms with Crippen LogP contribution >= 0.6 is 0 Å². The van der Waals surface area contributed by atoms with Crippen molar-refractivity contribution in [2.24, 2.45) is 16.0 Å². The maximum absolute atomic E-state index is 11.4. The van der Waals surface area contributed by atoms with Crippen molar-refractivity contribution in [1.82, 2.24) is 10.6 Å². The van der Waals surface area contributed by atoms with Crippen LogP contribution in [0.1, 0.15) is 45.6 Å². The Morgan fingerprint density at radius 1 is 1.25 bits per heavy atom. The normalized spacial score (nSPS) is 13.8. The molecule has 0 fully saturated rings. The monoisotopic (exact) mass is 354 g/mol. The molecular formula is C17H30N4O2S. The third kappa shape index (κ3) is 7.79. The number of primary sulfonamides is 1. The second kappa shape index (κ2) is 9.64. The number of guanidine groups is 1. The van der Waals surface area contributed by atoms with E-state index in [1.54, 1.807) is 19.2 Å². The first-order valence-electron chi connectivity index (χ1n) is 8.31. The molecule has 0 aliphatic carbocycles. The van der Waals surface area contributed by atoms with E-state index < -0.39 is 10.0 Å². The lowest BCUT2D eigenvalue weighted by Gasteiger charge is -2.18. The van der Waals surface area contributed by atoms with Crippen molar-refractivity contribution in [2.75, 3.05) is 7.05 Å². The zero-order valence-electron chi connectivity index (χ0n) is 15.0. The summed E-state index contributed by atoms with van der Waals surface area (Å²) in [7, 11) is -1.96. The summed E-state index contributed by atoms with van der Waals surface area (Å²) < 4.78 is 22.8. The molecule has 0 heterocycles. The number of hydrogen-bond acceptors (Lipinski definition) is 3. The van der Waals surface area contributed by atoms with Crippen LogP contribution in [0.4, 0.5) is 0 Å².